The Kier molecular flexibility index (Phi) is 5.34. The van der Waals surface area contributed by atoms with Crippen molar-refractivity contribution in [1.29, 1.82) is 0 Å². The highest BCUT2D eigenvalue weighted by molar-refractivity contribution is 7.90. The molecule has 0 saturated carbocycles. The first-order valence-electron chi connectivity index (χ1n) is 6.99. The summed E-state index contributed by atoms with van der Waals surface area (Å²) >= 11 is 1.36. The van der Waals surface area contributed by atoms with Crippen molar-refractivity contribution >= 4 is 27.3 Å². The van der Waals surface area contributed by atoms with Gasteiger partial charge in [0.15, 0.2) is 0 Å². The number of nitrogens with one attached hydrogen (secondary N) is 1. The van der Waals surface area contributed by atoms with Gasteiger partial charge in [0.05, 0.1) is 16.9 Å². The van der Waals surface area contributed by atoms with Gasteiger partial charge in [-0.2, -0.15) is 0 Å². The van der Waals surface area contributed by atoms with Crippen molar-refractivity contribution in [2.45, 2.75) is 45.1 Å². The van der Waals surface area contributed by atoms with Crippen molar-refractivity contribution in [1.82, 2.24) is 9.71 Å². The van der Waals surface area contributed by atoms with Gasteiger partial charge in [0, 0.05) is 17.9 Å². The Hall–Kier alpha value is -0.990. The number of aromatic nitrogens is 1. The Bertz CT molecular complexity index is 589. The fourth-order valence-electron chi connectivity index (χ4n) is 2.08. The summed E-state index contributed by atoms with van der Waals surface area (Å²) in [7, 11) is -3.70. The van der Waals surface area contributed by atoms with E-state index < -0.39 is 15.9 Å². The van der Waals surface area contributed by atoms with Gasteiger partial charge in [-0.15, -0.1) is 11.3 Å². The average molecular weight is 332 g/mol. The van der Waals surface area contributed by atoms with Crippen LogP contribution in [0.15, 0.2) is 5.38 Å². The number of carbonyl (C=O) groups excluding carboxylic acids is 1. The minimum atomic E-state index is -3.70. The second kappa shape index (κ2) is 6.85. The molecule has 6 nitrogen and oxygen atoms in total. The van der Waals surface area contributed by atoms with Crippen LogP contribution in [0.4, 0.5) is 0 Å². The number of ether oxygens (including phenoxy) is 1. The lowest BCUT2D eigenvalue weighted by atomic mass is 10.1. The van der Waals surface area contributed by atoms with Gasteiger partial charge in [-0.25, -0.2) is 18.1 Å². The van der Waals surface area contributed by atoms with E-state index in [9.17, 15) is 13.2 Å². The molecule has 0 bridgehead atoms. The molecule has 118 valence electrons. The van der Waals surface area contributed by atoms with Gasteiger partial charge in [0.2, 0.25) is 10.0 Å². The van der Waals surface area contributed by atoms with E-state index in [4.69, 9.17) is 4.74 Å². The second-order valence-electron chi connectivity index (χ2n) is 5.43. The zero-order chi connectivity index (χ0) is 15.5. The summed E-state index contributed by atoms with van der Waals surface area (Å²) in [6, 6.07) is 0. The van der Waals surface area contributed by atoms with Gasteiger partial charge in [0.25, 0.3) is 5.91 Å². The summed E-state index contributed by atoms with van der Waals surface area (Å²) in [4.78, 5) is 16.1. The van der Waals surface area contributed by atoms with Crippen molar-refractivity contribution in [3.63, 3.8) is 0 Å². The molecule has 0 aliphatic carbocycles. The third-order valence-electron chi connectivity index (χ3n) is 3.18. The minimum Gasteiger partial charge on any atom is -0.377 e. The first-order chi connectivity index (χ1) is 9.87. The Balaban J connectivity index is 1.96. The van der Waals surface area contributed by atoms with Crippen molar-refractivity contribution in [2.75, 3.05) is 12.4 Å². The van der Waals surface area contributed by atoms with E-state index in [2.05, 4.69) is 9.71 Å². The van der Waals surface area contributed by atoms with Crippen LogP contribution in [0.1, 0.15) is 54.5 Å². The van der Waals surface area contributed by atoms with Crippen LogP contribution in [0.25, 0.3) is 0 Å². The van der Waals surface area contributed by atoms with Gasteiger partial charge in [0.1, 0.15) is 5.69 Å². The van der Waals surface area contributed by atoms with Crippen molar-refractivity contribution in [3.05, 3.63) is 16.1 Å². The molecular weight excluding hydrogens is 312 g/mol. The number of rotatable bonds is 5. The van der Waals surface area contributed by atoms with E-state index in [-0.39, 0.29) is 23.5 Å². The van der Waals surface area contributed by atoms with Crippen LogP contribution in [0.3, 0.4) is 0 Å². The Morgan fingerprint density at radius 3 is 2.86 bits per heavy atom. The van der Waals surface area contributed by atoms with Crippen LogP contribution in [-0.4, -0.2) is 37.8 Å². The van der Waals surface area contributed by atoms with Crippen LogP contribution in [0, 0.1) is 0 Å². The first-order valence-corrected chi connectivity index (χ1v) is 9.52. The van der Waals surface area contributed by atoms with Crippen molar-refractivity contribution in [2.24, 2.45) is 0 Å². The Labute approximate surface area is 129 Å². The second-order valence-corrected chi connectivity index (χ2v) is 8.08. The molecule has 1 saturated heterocycles. The molecule has 21 heavy (non-hydrogen) atoms. The first kappa shape index (κ1) is 16.4. The van der Waals surface area contributed by atoms with Crippen LogP contribution in [0.2, 0.25) is 0 Å². The molecule has 2 rings (SSSR count). The third-order valence-corrected chi connectivity index (χ3v) is 5.63. The van der Waals surface area contributed by atoms with E-state index >= 15 is 0 Å². The van der Waals surface area contributed by atoms with Gasteiger partial charge < -0.3 is 4.74 Å². The predicted molar refractivity (Wildman–Crippen MR) is 81.0 cm³/mol. The lowest BCUT2D eigenvalue weighted by Crippen LogP contribution is -2.38. The lowest BCUT2D eigenvalue weighted by Gasteiger charge is -2.22. The van der Waals surface area contributed by atoms with Crippen LogP contribution in [-0.2, 0) is 14.8 Å². The fraction of sp³-hybridized carbons (Fsp3) is 0.692. The molecule has 1 N–H and O–H groups in total. The molecule has 1 aromatic heterocycles. The maximum absolute atomic E-state index is 12.0. The molecule has 1 amide bonds. The predicted octanol–water partition coefficient (Wildman–Crippen LogP) is 1.90. The maximum Gasteiger partial charge on any atom is 0.284 e. The standard InChI is InChI=1S/C13H20N2O4S2/c1-9(2)13-14-11(7-20-13)12(16)15-21(17,18)8-10-5-3-4-6-19-10/h7,9-10H,3-6,8H2,1-2H3,(H,15,16). The third kappa shape index (κ3) is 4.76. The molecule has 1 aromatic rings. The summed E-state index contributed by atoms with van der Waals surface area (Å²) in [6.07, 6.45) is 2.30. The zero-order valence-electron chi connectivity index (χ0n) is 12.2. The zero-order valence-corrected chi connectivity index (χ0v) is 13.8. The van der Waals surface area contributed by atoms with Crippen molar-refractivity contribution < 1.29 is 17.9 Å². The molecule has 1 atom stereocenters. The summed E-state index contributed by atoms with van der Waals surface area (Å²) in [5, 5.41) is 2.39. The smallest absolute Gasteiger partial charge is 0.284 e. The SMILES string of the molecule is CC(C)c1nc(C(=O)NS(=O)(=O)CC2CCCCO2)cs1. The molecule has 1 unspecified atom stereocenters. The van der Waals surface area contributed by atoms with Crippen LogP contribution >= 0.6 is 11.3 Å². The van der Waals surface area contributed by atoms with Gasteiger partial charge in [-0.3, -0.25) is 4.79 Å². The number of nitrogens with zero attached hydrogens (tertiary/aromatic N) is 1. The number of hydrogen-bond acceptors (Lipinski definition) is 6. The molecule has 0 radical (unpaired) electrons. The Morgan fingerprint density at radius 1 is 1.52 bits per heavy atom. The average Bonchev–Trinajstić information content (AvgIpc) is 2.88. The number of sulfonamides is 1. The molecule has 0 aromatic carbocycles. The molecule has 1 fully saturated rings. The fourth-order valence-corrected chi connectivity index (χ4v) is 4.11. The molecule has 8 heteroatoms. The minimum absolute atomic E-state index is 0.150. The normalized spacial score (nSPS) is 19.7. The van der Waals surface area contributed by atoms with Gasteiger partial charge >= 0.3 is 0 Å². The highest BCUT2D eigenvalue weighted by Gasteiger charge is 2.25. The highest BCUT2D eigenvalue weighted by atomic mass is 32.2. The van der Waals surface area contributed by atoms with E-state index in [0.717, 1.165) is 17.8 Å². The van der Waals surface area contributed by atoms with E-state index in [1.54, 1.807) is 5.38 Å². The van der Waals surface area contributed by atoms with Crippen LogP contribution < -0.4 is 4.72 Å². The van der Waals surface area contributed by atoms with E-state index in [1.165, 1.54) is 11.3 Å². The summed E-state index contributed by atoms with van der Waals surface area (Å²) < 4.78 is 31.4. The molecular formula is C13H20N2O4S2. The number of hydrogen-bond donors (Lipinski definition) is 1. The van der Waals surface area contributed by atoms with Gasteiger partial charge in [-0.1, -0.05) is 13.8 Å². The number of amides is 1. The topological polar surface area (TPSA) is 85.4 Å². The summed E-state index contributed by atoms with van der Waals surface area (Å²) in [5.74, 6) is -0.641. The van der Waals surface area contributed by atoms with Crippen molar-refractivity contribution in [3.8, 4) is 0 Å². The highest BCUT2D eigenvalue weighted by Crippen LogP contribution is 2.19. The Morgan fingerprint density at radius 2 is 2.29 bits per heavy atom. The maximum atomic E-state index is 12.0. The molecule has 0 spiro atoms. The number of thiazole rings is 1. The molecule has 1 aliphatic heterocycles. The summed E-state index contributed by atoms with van der Waals surface area (Å²) in [6.45, 7) is 4.52. The van der Waals surface area contributed by atoms with Crippen LogP contribution in [0.5, 0.6) is 0 Å². The molecule has 1 aliphatic rings. The largest absolute Gasteiger partial charge is 0.377 e. The monoisotopic (exact) mass is 332 g/mol. The quantitative estimate of drug-likeness (QED) is 0.890. The lowest BCUT2D eigenvalue weighted by molar-refractivity contribution is 0.0304. The molecule has 2 heterocycles. The van der Waals surface area contributed by atoms with E-state index in [0.29, 0.717) is 13.0 Å². The van der Waals surface area contributed by atoms with E-state index in [1.807, 2.05) is 13.8 Å². The number of carbonyl (C=O) groups is 1. The summed E-state index contributed by atoms with van der Waals surface area (Å²) in [5.41, 5.74) is 0.150. The van der Waals surface area contributed by atoms with Gasteiger partial charge in [-0.05, 0) is 19.3 Å².